The van der Waals surface area contributed by atoms with Crippen molar-refractivity contribution >= 4 is 22.4 Å². The number of rotatable bonds is 1. The molecule has 0 bridgehead atoms. The molecule has 74 valence electrons. The average molecular weight is 213 g/mol. The van der Waals surface area contributed by atoms with Crippen molar-refractivity contribution in [2.45, 2.75) is 4.90 Å². The summed E-state index contributed by atoms with van der Waals surface area (Å²) in [4.78, 5) is 10.1. The van der Waals surface area contributed by atoms with Gasteiger partial charge in [-0.25, -0.2) is 0 Å². The fraction of sp³-hybridized carbons (Fsp3) is 0. The van der Waals surface area contributed by atoms with Crippen LogP contribution in [0.4, 0.5) is 5.69 Å². The van der Waals surface area contributed by atoms with Crippen molar-refractivity contribution in [3.8, 4) is 0 Å². The Labute approximate surface area is 81.2 Å². The second-order valence-electron chi connectivity index (χ2n) is 2.87. The highest BCUT2D eigenvalue weighted by atomic mass is 32.3. The summed E-state index contributed by atoms with van der Waals surface area (Å²) in [7, 11) is -2.95. The minimum Gasteiger partial charge on any atom is -0.291 e. The van der Waals surface area contributed by atoms with Crippen molar-refractivity contribution in [2.24, 2.45) is 0 Å². The van der Waals surface area contributed by atoms with Crippen molar-refractivity contribution in [3.63, 3.8) is 0 Å². The number of hydrogen-bond acceptors (Lipinski definition) is 4. The molecule has 1 aromatic carbocycles. The van der Waals surface area contributed by atoms with Gasteiger partial charge in [-0.1, -0.05) is 0 Å². The highest BCUT2D eigenvalue weighted by Crippen LogP contribution is 2.56. The Kier molecular flexibility index (Phi) is 1.84. The molecule has 1 heterocycles. The van der Waals surface area contributed by atoms with Gasteiger partial charge < -0.3 is 0 Å². The molecule has 0 fully saturated rings. The van der Waals surface area contributed by atoms with E-state index in [4.69, 9.17) is 0 Å². The first-order valence-corrected chi connectivity index (χ1v) is 5.36. The highest BCUT2D eigenvalue weighted by Gasteiger charge is 2.23. The summed E-state index contributed by atoms with van der Waals surface area (Å²) in [5.74, 6) is 0. The van der Waals surface area contributed by atoms with Gasteiger partial charge in [0.25, 0.3) is 5.69 Å². The number of nitrogens with zero attached hydrogens (tertiary/aromatic N) is 1. The molecule has 0 saturated carbocycles. The summed E-state index contributed by atoms with van der Waals surface area (Å²) in [5.41, 5.74) is 0.489. The third-order valence-corrected chi connectivity index (χ3v) is 3.49. The number of benzene rings is 1. The van der Waals surface area contributed by atoms with Crippen molar-refractivity contribution in [2.75, 3.05) is 0 Å². The molecule has 0 atom stereocenters. The van der Waals surface area contributed by atoms with Gasteiger partial charge in [-0.2, -0.15) is 0 Å². The van der Waals surface area contributed by atoms with Gasteiger partial charge in [-0.05, 0) is 17.7 Å². The minimum absolute atomic E-state index is 0.132. The van der Waals surface area contributed by atoms with Crippen LogP contribution in [0.2, 0.25) is 0 Å². The van der Waals surface area contributed by atoms with Gasteiger partial charge in [0.1, 0.15) is 0 Å². The normalized spacial score (nSPS) is 19.0. The Bertz CT molecular complexity index is 441. The van der Waals surface area contributed by atoms with Crippen LogP contribution >= 0.6 is 10.6 Å². The smallest absolute Gasteiger partial charge is 0.271 e. The summed E-state index contributed by atoms with van der Waals surface area (Å²) in [6.07, 6.45) is 1.55. The lowest BCUT2D eigenvalue weighted by Gasteiger charge is -2.24. The number of non-ortho nitro benzene ring substituents is 1. The molecule has 0 amide bonds. The van der Waals surface area contributed by atoms with Crippen LogP contribution in [0.5, 0.6) is 0 Å². The quantitative estimate of drug-likeness (QED) is 0.554. The van der Waals surface area contributed by atoms with Crippen molar-refractivity contribution in [1.29, 1.82) is 0 Å². The van der Waals surface area contributed by atoms with Crippen LogP contribution in [0.1, 0.15) is 5.56 Å². The zero-order valence-corrected chi connectivity index (χ0v) is 7.77. The fourth-order valence-corrected chi connectivity index (χ4v) is 2.54. The van der Waals surface area contributed by atoms with Crippen LogP contribution in [-0.2, 0) is 0 Å². The Morgan fingerprint density at radius 2 is 2.07 bits per heavy atom. The van der Waals surface area contributed by atoms with Crippen LogP contribution in [0.25, 0.3) is 6.08 Å². The van der Waals surface area contributed by atoms with Gasteiger partial charge >= 0.3 is 0 Å². The van der Waals surface area contributed by atoms with Crippen LogP contribution in [0.3, 0.4) is 0 Å². The molecule has 0 aromatic heterocycles. The van der Waals surface area contributed by atoms with Gasteiger partial charge in [0, 0.05) is 17.5 Å². The molecule has 0 radical (unpaired) electrons. The highest BCUT2D eigenvalue weighted by molar-refractivity contribution is 8.27. The topological polar surface area (TPSA) is 83.6 Å². The molecule has 0 aliphatic carbocycles. The van der Waals surface area contributed by atoms with E-state index in [1.54, 1.807) is 6.08 Å². The largest absolute Gasteiger partial charge is 0.291 e. The molecule has 0 spiro atoms. The van der Waals surface area contributed by atoms with Crippen LogP contribution in [0, 0.1) is 10.1 Å². The van der Waals surface area contributed by atoms with E-state index in [1.165, 1.54) is 23.6 Å². The van der Waals surface area contributed by atoms with E-state index in [0.717, 1.165) is 0 Å². The maximum absolute atomic E-state index is 10.4. The first kappa shape index (κ1) is 9.20. The van der Waals surface area contributed by atoms with Crippen LogP contribution < -0.4 is 0 Å². The molecule has 1 aliphatic heterocycles. The summed E-state index contributed by atoms with van der Waals surface area (Å²) in [5, 5.41) is 11.7. The van der Waals surface area contributed by atoms with E-state index in [0.29, 0.717) is 5.56 Å². The zero-order valence-electron chi connectivity index (χ0n) is 6.95. The molecule has 2 rings (SSSR count). The number of hydrogen-bond donors (Lipinski definition) is 2. The maximum atomic E-state index is 10.4. The predicted molar refractivity (Wildman–Crippen MR) is 53.2 cm³/mol. The van der Waals surface area contributed by atoms with Gasteiger partial charge in [-0.3, -0.25) is 19.2 Å². The standard InChI is InChI=1S/C8H7NO4S/c10-9(11)7-2-1-6-3-4-14(12,13)8(6)5-7/h1-5,12-13H. The molecule has 1 aromatic rings. The first-order chi connectivity index (χ1) is 6.50. The number of nitro benzene ring substituents is 1. The van der Waals surface area contributed by atoms with Gasteiger partial charge in [-0.15, -0.1) is 10.6 Å². The summed E-state index contributed by atoms with van der Waals surface area (Å²) in [6.45, 7) is 0. The van der Waals surface area contributed by atoms with Crippen LogP contribution in [-0.4, -0.2) is 14.0 Å². The van der Waals surface area contributed by atoms with Gasteiger partial charge in [0.05, 0.1) is 9.82 Å². The van der Waals surface area contributed by atoms with E-state index in [9.17, 15) is 19.2 Å². The molecular weight excluding hydrogens is 206 g/mol. The Balaban J connectivity index is 2.57. The summed E-state index contributed by atoms with van der Waals surface area (Å²) in [6, 6.07) is 4.04. The fourth-order valence-electron chi connectivity index (χ4n) is 1.28. The van der Waals surface area contributed by atoms with E-state index in [1.807, 2.05) is 0 Å². The number of nitro groups is 1. The molecule has 0 saturated heterocycles. The minimum atomic E-state index is -2.95. The molecule has 6 heteroatoms. The first-order valence-electron chi connectivity index (χ1n) is 3.75. The van der Waals surface area contributed by atoms with Crippen molar-refractivity contribution in [3.05, 3.63) is 39.3 Å². The van der Waals surface area contributed by atoms with Crippen molar-refractivity contribution < 1.29 is 14.0 Å². The zero-order chi connectivity index (χ0) is 10.3. The summed E-state index contributed by atoms with van der Waals surface area (Å²) < 4.78 is 19.0. The molecular formula is C8H7NO4S. The van der Waals surface area contributed by atoms with E-state index < -0.39 is 15.5 Å². The second-order valence-corrected chi connectivity index (χ2v) is 4.77. The Morgan fingerprint density at radius 3 is 2.71 bits per heavy atom. The molecule has 14 heavy (non-hydrogen) atoms. The SMILES string of the molecule is O=[N+]([O-])c1ccc2c(c1)S(O)(O)C=C2. The summed E-state index contributed by atoms with van der Waals surface area (Å²) >= 11 is 0. The lowest BCUT2D eigenvalue weighted by Crippen LogP contribution is -1.94. The van der Waals surface area contributed by atoms with Crippen LogP contribution in [0.15, 0.2) is 28.5 Å². The molecule has 2 N–H and O–H groups in total. The monoisotopic (exact) mass is 213 g/mol. The third-order valence-electron chi connectivity index (χ3n) is 1.97. The second kappa shape index (κ2) is 2.81. The van der Waals surface area contributed by atoms with Gasteiger partial charge in [0.2, 0.25) is 0 Å². The third kappa shape index (κ3) is 1.29. The lowest BCUT2D eigenvalue weighted by atomic mass is 10.2. The number of fused-ring (bicyclic) bond motifs is 1. The van der Waals surface area contributed by atoms with E-state index in [-0.39, 0.29) is 10.6 Å². The molecule has 1 aliphatic rings. The molecule has 5 nitrogen and oxygen atoms in total. The predicted octanol–water partition coefficient (Wildman–Crippen LogP) is 2.69. The van der Waals surface area contributed by atoms with Gasteiger partial charge in [0.15, 0.2) is 0 Å². The van der Waals surface area contributed by atoms with E-state index >= 15 is 0 Å². The average Bonchev–Trinajstić information content (AvgIpc) is 2.42. The molecule has 0 unspecified atom stereocenters. The van der Waals surface area contributed by atoms with E-state index in [2.05, 4.69) is 0 Å². The van der Waals surface area contributed by atoms with Crippen molar-refractivity contribution in [1.82, 2.24) is 0 Å². The Morgan fingerprint density at radius 1 is 1.36 bits per heavy atom. The maximum Gasteiger partial charge on any atom is 0.271 e. The lowest BCUT2D eigenvalue weighted by molar-refractivity contribution is -0.385. The Hall–Kier alpha value is -1.37.